The normalized spacial score (nSPS) is 18.4. The summed E-state index contributed by atoms with van der Waals surface area (Å²) in [6, 6.07) is 15.3. The van der Waals surface area contributed by atoms with Gasteiger partial charge in [0, 0.05) is 18.2 Å². The Morgan fingerprint density at radius 2 is 1.87 bits per heavy atom. The van der Waals surface area contributed by atoms with Crippen molar-refractivity contribution in [1.29, 1.82) is 0 Å². The van der Waals surface area contributed by atoms with E-state index in [1.807, 2.05) is 25.1 Å². The zero-order valence-corrected chi connectivity index (χ0v) is 16.3. The molecule has 1 amide bonds. The summed E-state index contributed by atoms with van der Waals surface area (Å²) in [6.07, 6.45) is -3.98. The molecule has 5 nitrogen and oxygen atoms in total. The molecule has 2 aromatic carbocycles. The second-order valence-electron chi connectivity index (χ2n) is 7.22. The maximum Gasteiger partial charge on any atom is 0.410 e. The molecule has 156 valence electrons. The summed E-state index contributed by atoms with van der Waals surface area (Å²) in [5.74, 6) is -0.372. The molecule has 1 aromatic heterocycles. The van der Waals surface area contributed by atoms with Crippen LogP contribution in [-0.4, -0.2) is 21.9 Å². The Hall–Kier alpha value is -3.29. The van der Waals surface area contributed by atoms with E-state index in [1.165, 1.54) is 6.07 Å². The lowest BCUT2D eigenvalue weighted by molar-refractivity contribution is -0.173. The molecule has 0 aliphatic carbocycles. The summed E-state index contributed by atoms with van der Waals surface area (Å²) < 4.78 is 42.2. The fourth-order valence-electron chi connectivity index (χ4n) is 3.73. The van der Waals surface area contributed by atoms with Gasteiger partial charge in [-0.05, 0) is 23.6 Å². The molecule has 0 unspecified atom stereocenters. The van der Waals surface area contributed by atoms with Crippen LogP contribution in [0.1, 0.15) is 47.0 Å². The molecule has 0 bridgehead atoms. The summed E-state index contributed by atoms with van der Waals surface area (Å²) in [6.45, 7) is 1.96. The van der Waals surface area contributed by atoms with Crippen molar-refractivity contribution in [2.75, 3.05) is 10.6 Å². The number of amides is 1. The predicted octanol–water partition coefficient (Wildman–Crippen LogP) is 5.36. The average Bonchev–Trinajstić information content (AvgIpc) is 3.17. The first kappa shape index (κ1) is 20.0. The van der Waals surface area contributed by atoms with E-state index < -0.39 is 24.2 Å². The van der Waals surface area contributed by atoms with Crippen molar-refractivity contribution in [2.45, 2.75) is 38.0 Å². The van der Waals surface area contributed by atoms with Crippen molar-refractivity contribution >= 4 is 17.4 Å². The Bertz CT molecular complexity index is 1050. The minimum atomic E-state index is -4.49. The molecule has 8 heteroatoms. The van der Waals surface area contributed by atoms with Gasteiger partial charge in [0.05, 0.1) is 6.04 Å². The number of anilines is 2. The highest BCUT2D eigenvalue weighted by Gasteiger charge is 2.46. The van der Waals surface area contributed by atoms with Gasteiger partial charge < -0.3 is 10.6 Å². The molecule has 4 rings (SSSR count). The van der Waals surface area contributed by atoms with Crippen LogP contribution in [0.5, 0.6) is 0 Å². The quantitative estimate of drug-likeness (QED) is 0.604. The number of rotatable bonds is 4. The maximum absolute atomic E-state index is 13.8. The molecule has 2 N–H and O–H groups in total. The van der Waals surface area contributed by atoms with E-state index in [9.17, 15) is 18.0 Å². The Labute approximate surface area is 171 Å². The maximum atomic E-state index is 13.8. The minimum Gasteiger partial charge on any atom is -0.363 e. The molecule has 0 spiro atoms. The van der Waals surface area contributed by atoms with Crippen molar-refractivity contribution in [1.82, 2.24) is 9.78 Å². The van der Waals surface area contributed by atoms with Crippen molar-refractivity contribution in [3.8, 4) is 0 Å². The highest BCUT2D eigenvalue weighted by Crippen LogP contribution is 2.43. The van der Waals surface area contributed by atoms with E-state index in [-0.39, 0.29) is 17.9 Å². The molecule has 2 heterocycles. The van der Waals surface area contributed by atoms with Crippen LogP contribution in [-0.2, 0) is 6.42 Å². The molecular formula is C22H21F3N4O. The fourth-order valence-corrected chi connectivity index (χ4v) is 3.73. The summed E-state index contributed by atoms with van der Waals surface area (Å²) in [5.41, 5.74) is 2.25. The number of halogens is 3. The third kappa shape index (κ3) is 3.90. The van der Waals surface area contributed by atoms with Gasteiger partial charge in [-0.3, -0.25) is 4.79 Å². The van der Waals surface area contributed by atoms with Crippen LogP contribution in [0.3, 0.4) is 0 Å². The topological polar surface area (TPSA) is 59.0 Å². The second kappa shape index (κ2) is 7.85. The average molecular weight is 414 g/mol. The third-order valence-corrected chi connectivity index (χ3v) is 5.27. The lowest BCUT2D eigenvalue weighted by Crippen LogP contribution is -2.35. The standard InChI is InChI=1S/C22H21F3N4O/c1-2-14-8-6-7-11-16(14)27-21(30)18-13-20-26-17(15-9-4-3-5-10-15)12-19(22(23,24)25)29(20)28-18/h3-11,13,17,19,26H,2,12H2,1H3,(H,27,30)/t17-,19+/m0/s1. The molecule has 2 atom stereocenters. The van der Waals surface area contributed by atoms with Gasteiger partial charge in [0.2, 0.25) is 0 Å². The zero-order chi connectivity index (χ0) is 21.3. The second-order valence-corrected chi connectivity index (χ2v) is 7.22. The number of carbonyl (C=O) groups excluding carboxylic acids is 1. The predicted molar refractivity (Wildman–Crippen MR) is 109 cm³/mol. The first-order valence-electron chi connectivity index (χ1n) is 9.74. The van der Waals surface area contributed by atoms with Crippen molar-refractivity contribution in [3.63, 3.8) is 0 Å². The number of aromatic nitrogens is 2. The smallest absolute Gasteiger partial charge is 0.363 e. The fraction of sp³-hybridized carbons (Fsp3) is 0.273. The van der Waals surface area contributed by atoms with Gasteiger partial charge in [0.25, 0.3) is 5.91 Å². The first-order chi connectivity index (χ1) is 14.4. The highest BCUT2D eigenvalue weighted by atomic mass is 19.4. The molecule has 1 aliphatic heterocycles. The van der Waals surface area contributed by atoms with Crippen molar-refractivity contribution < 1.29 is 18.0 Å². The highest BCUT2D eigenvalue weighted by molar-refractivity contribution is 6.03. The Morgan fingerprint density at radius 1 is 1.17 bits per heavy atom. The Kier molecular flexibility index (Phi) is 5.24. The van der Waals surface area contributed by atoms with Gasteiger partial charge in [-0.25, -0.2) is 4.68 Å². The largest absolute Gasteiger partial charge is 0.410 e. The van der Waals surface area contributed by atoms with E-state index in [0.717, 1.165) is 15.8 Å². The summed E-state index contributed by atoms with van der Waals surface area (Å²) in [5, 5.41) is 9.86. The molecule has 3 aromatic rings. The number of fused-ring (bicyclic) bond motifs is 1. The number of benzene rings is 2. The number of para-hydroxylation sites is 1. The molecule has 0 saturated carbocycles. The van der Waals surface area contributed by atoms with Crippen LogP contribution in [0.2, 0.25) is 0 Å². The van der Waals surface area contributed by atoms with Gasteiger partial charge >= 0.3 is 6.18 Å². The first-order valence-corrected chi connectivity index (χ1v) is 9.74. The monoisotopic (exact) mass is 414 g/mol. The van der Waals surface area contributed by atoms with Crippen LogP contribution < -0.4 is 10.6 Å². The number of hydrogen-bond acceptors (Lipinski definition) is 3. The van der Waals surface area contributed by atoms with Crippen molar-refractivity contribution in [2.24, 2.45) is 0 Å². The van der Waals surface area contributed by atoms with Crippen LogP contribution in [0, 0.1) is 0 Å². The lowest BCUT2D eigenvalue weighted by atomic mass is 9.97. The van der Waals surface area contributed by atoms with Gasteiger partial charge in [-0.15, -0.1) is 0 Å². The van der Waals surface area contributed by atoms with Crippen LogP contribution in [0.4, 0.5) is 24.7 Å². The van der Waals surface area contributed by atoms with E-state index in [2.05, 4.69) is 15.7 Å². The van der Waals surface area contributed by atoms with E-state index in [1.54, 1.807) is 36.4 Å². The summed E-state index contributed by atoms with van der Waals surface area (Å²) in [4.78, 5) is 12.7. The molecule has 0 saturated heterocycles. The molecule has 30 heavy (non-hydrogen) atoms. The number of aryl methyl sites for hydroxylation is 1. The molecule has 1 aliphatic rings. The number of nitrogens with one attached hydrogen (secondary N) is 2. The number of carbonyl (C=O) groups is 1. The van der Waals surface area contributed by atoms with E-state index in [0.29, 0.717) is 12.1 Å². The van der Waals surface area contributed by atoms with Gasteiger partial charge in [-0.2, -0.15) is 18.3 Å². The van der Waals surface area contributed by atoms with Gasteiger partial charge in [0.15, 0.2) is 11.7 Å². The third-order valence-electron chi connectivity index (χ3n) is 5.27. The Balaban J connectivity index is 1.65. The molecule has 0 radical (unpaired) electrons. The lowest BCUT2D eigenvalue weighted by Gasteiger charge is -2.33. The number of alkyl halides is 3. The van der Waals surface area contributed by atoms with Gasteiger partial charge in [-0.1, -0.05) is 55.5 Å². The van der Waals surface area contributed by atoms with E-state index in [4.69, 9.17) is 0 Å². The molecule has 0 fully saturated rings. The van der Waals surface area contributed by atoms with Crippen LogP contribution in [0.15, 0.2) is 60.7 Å². The zero-order valence-electron chi connectivity index (χ0n) is 16.3. The van der Waals surface area contributed by atoms with Crippen molar-refractivity contribution in [3.05, 3.63) is 77.5 Å². The molecular weight excluding hydrogens is 393 g/mol. The van der Waals surface area contributed by atoms with Crippen LogP contribution in [0.25, 0.3) is 0 Å². The number of hydrogen-bond donors (Lipinski definition) is 2. The Morgan fingerprint density at radius 3 is 2.57 bits per heavy atom. The number of nitrogens with zero attached hydrogens (tertiary/aromatic N) is 2. The van der Waals surface area contributed by atoms with Gasteiger partial charge in [0.1, 0.15) is 5.82 Å². The van der Waals surface area contributed by atoms with Crippen LogP contribution >= 0.6 is 0 Å². The van der Waals surface area contributed by atoms with E-state index >= 15 is 0 Å². The summed E-state index contributed by atoms with van der Waals surface area (Å²) in [7, 11) is 0. The SMILES string of the molecule is CCc1ccccc1NC(=O)c1cc2n(n1)[C@@H](C(F)(F)F)C[C@@H](c1ccccc1)N2. The summed E-state index contributed by atoms with van der Waals surface area (Å²) >= 11 is 0. The minimum absolute atomic E-state index is 0.0635.